The van der Waals surface area contributed by atoms with E-state index in [2.05, 4.69) is 55.6 Å². The number of aliphatic hydroxyl groups excluding tert-OH is 2. The van der Waals surface area contributed by atoms with Crippen LogP contribution in [0.4, 0.5) is 0 Å². The average molecular weight is 856 g/mol. The van der Waals surface area contributed by atoms with E-state index in [4.69, 9.17) is 4.74 Å². The molecule has 0 aromatic rings. The second kappa shape index (κ2) is 50.5. The van der Waals surface area contributed by atoms with Gasteiger partial charge in [-0.15, -0.1) is 0 Å². The zero-order chi connectivity index (χ0) is 44.4. The molecule has 0 heterocycles. The number of ether oxygens (including phenoxy) is 1. The first kappa shape index (κ1) is 58.8. The molecule has 61 heavy (non-hydrogen) atoms. The van der Waals surface area contributed by atoms with Crippen LogP contribution in [0.3, 0.4) is 0 Å². The first-order valence-electron chi connectivity index (χ1n) is 26.4. The van der Waals surface area contributed by atoms with Gasteiger partial charge in [0.2, 0.25) is 5.91 Å². The average Bonchev–Trinajstić information content (AvgIpc) is 3.26. The van der Waals surface area contributed by atoms with E-state index in [0.29, 0.717) is 19.4 Å². The van der Waals surface area contributed by atoms with Crippen LogP contribution in [0.25, 0.3) is 0 Å². The normalized spacial score (nSPS) is 13.0. The third kappa shape index (κ3) is 47.1. The quantitative estimate of drug-likeness (QED) is 0.0322. The van der Waals surface area contributed by atoms with Crippen molar-refractivity contribution in [3.05, 3.63) is 48.6 Å². The molecule has 0 radical (unpaired) electrons. The molecule has 0 aromatic heterocycles. The van der Waals surface area contributed by atoms with Crippen molar-refractivity contribution in [3.8, 4) is 0 Å². The van der Waals surface area contributed by atoms with Gasteiger partial charge >= 0.3 is 5.97 Å². The van der Waals surface area contributed by atoms with Crippen molar-refractivity contribution in [3.63, 3.8) is 0 Å². The number of esters is 1. The Morgan fingerprint density at radius 3 is 1.31 bits per heavy atom. The number of unbranched alkanes of at least 4 members (excludes halogenated alkanes) is 31. The lowest BCUT2D eigenvalue weighted by Gasteiger charge is -2.19. The number of aliphatic hydroxyl groups is 2. The maximum atomic E-state index is 12.4. The van der Waals surface area contributed by atoms with E-state index in [1.807, 2.05) is 6.08 Å². The van der Waals surface area contributed by atoms with Gasteiger partial charge in [-0.05, 0) is 83.5 Å². The molecule has 1 amide bonds. The van der Waals surface area contributed by atoms with Gasteiger partial charge < -0.3 is 20.3 Å². The van der Waals surface area contributed by atoms with Crippen LogP contribution >= 0.6 is 0 Å². The molecule has 6 heteroatoms. The van der Waals surface area contributed by atoms with Crippen LogP contribution in [0.1, 0.15) is 264 Å². The zero-order valence-electron chi connectivity index (χ0n) is 40.4. The molecule has 2 unspecified atom stereocenters. The molecular weight excluding hydrogens is 755 g/mol. The van der Waals surface area contributed by atoms with Crippen molar-refractivity contribution >= 4 is 11.9 Å². The van der Waals surface area contributed by atoms with Crippen LogP contribution in [0.15, 0.2) is 48.6 Å². The minimum atomic E-state index is -0.878. The summed E-state index contributed by atoms with van der Waals surface area (Å²) in [6.45, 7) is 4.78. The Balaban J connectivity index is 3.60. The summed E-state index contributed by atoms with van der Waals surface area (Å²) in [5.74, 6) is -0.182. The second-order valence-corrected chi connectivity index (χ2v) is 17.8. The maximum Gasteiger partial charge on any atom is 0.305 e. The van der Waals surface area contributed by atoms with Crippen molar-refractivity contribution in [1.82, 2.24) is 5.32 Å². The molecule has 0 aliphatic heterocycles. The first-order chi connectivity index (χ1) is 30.0. The van der Waals surface area contributed by atoms with Crippen molar-refractivity contribution in [2.75, 3.05) is 13.2 Å². The van der Waals surface area contributed by atoms with Gasteiger partial charge in [0.05, 0.1) is 25.4 Å². The molecule has 0 saturated carbocycles. The lowest BCUT2D eigenvalue weighted by atomic mass is 10.0. The summed E-state index contributed by atoms with van der Waals surface area (Å²) in [5, 5.41) is 23.1. The molecule has 0 aromatic carbocycles. The molecule has 3 N–H and O–H groups in total. The van der Waals surface area contributed by atoms with E-state index in [9.17, 15) is 19.8 Å². The number of nitrogens with one attached hydrogen (secondary N) is 1. The van der Waals surface area contributed by atoms with Gasteiger partial charge in [0, 0.05) is 12.8 Å². The highest BCUT2D eigenvalue weighted by Gasteiger charge is 2.17. The van der Waals surface area contributed by atoms with Crippen LogP contribution in [0, 0.1) is 0 Å². The predicted octanol–water partition coefficient (Wildman–Crippen LogP) is 15.8. The molecule has 0 aliphatic rings. The van der Waals surface area contributed by atoms with E-state index in [1.165, 1.54) is 154 Å². The Morgan fingerprint density at radius 1 is 0.459 bits per heavy atom. The molecule has 0 bridgehead atoms. The highest BCUT2D eigenvalue weighted by Crippen LogP contribution is 2.15. The molecule has 0 saturated heterocycles. The van der Waals surface area contributed by atoms with Gasteiger partial charge in [0.25, 0.3) is 0 Å². The standard InChI is InChI=1S/C55H101NO5/c1-3-5-7-9-11-13-15-17-19-21-22-23-24-26-28-31-35-39-43-47-53(58)52(51-57)56-54(59)48-44-40-36-32-30-34-38-42-46-50-61-55(60)49-45-41-37-33-29-27-25-20-18-16-14-12-10-8-6-4-2/h14,16,20,25,32,36,43,47,52-53,57-58H,3-13,15,17-19,21-24,26-31,33-35,37-42,44-46,48-51H2,1-2H3,(H,56,59)/b16-14-,25-20-,36-32-,47-43+. The molecule has 0 rings (SSSR count). The topological polar surface area (TPSA) is 95.9 Å². The number of allylic oxidation sites excluding steroid dienone is 7. The maximum absolute atomic E-state index is 12.4. The second-order valence-electron chi connectivity index (χ2n) is 17.8. The summed E-state index contributed by atoms with van der Waals surface area (Å²) in [5.41, 5.74) is 0. The largest absolute Gasteiger partial charge is 0.466 e. The van der Waals surface area contributed by atoms with Crippen LogP contribution in [0.5, 0.6) is 0 Å². The number of rotatable bonds is 48. The molecule has 0 spiro atoms. The Labute approximate surface area is 378 Å². The number of carbonyl (C=O) groups excluding carboxylic acids is 2. The summed E-state index contributed by atoms with van der Waals surface area (Å²) in [7, 11) is 0. The minimum absolute atomic E-state index is 0.0519. The Morgan fingerprint density at radius 2 is 0.836 bits per heavy atom. The number of carbonyl (C=O) groups is 2. The SMILES string of the molecule is CCCCCC/C=C\C/C=C\CCCCCCCC(=O)OCCCCCC/C=C\CCCC(=O)NC(CO)C(O)/C=C/CCCCCCCCCCCCCCCCCCC. The van der Waals surface area contributed by atoms with Gasteiger partial charge in [-0.1, -0.05) is 217 Å². The summed E-state index contributed by atoms with van der Waals surface area (Å²) >= 11 is 0. The van der Waals surface area contributed by atoms with E-state index in [1.54, 1.807) is 6.08 Å². The molecular formula is C55H101NO5. The fourth-order valence-corrected chi connectivity index (χ4v) is 7.72. The van der Waals surface area contributed by atoms with Crippen LogP contribution in [0.2, 0.25) is 0 Å². The molecule has 6 nitrogen and oxygen atoms in total. The molecule has 2 atom stereocenters. The molecule has 0 fully saturated rings. The van der Waals surface area contributed by atoms with Crippen LogP contribution in [-0.4, -0.2) is 47.4 Å². The summed E-state index contributed by atoms with van der Waals surface area (Å²) < 4.78 is 5.43. The third-order valence-corrected chi connectivity index (χ3v) is 11.8. The highest BCUT2D eigenvalue weighted by atomic mass is 16.5. The predicted molar refractivity (Wildman–Crippen MR) is 264 cm³/mol. The minimum Gasteiger partial charge on any atom is -0.466 e. The van der Waals surface area contributed by atoms with Gasteiger partial charge in [-0.3, -0.25) is 9.59 Å². The van der Waals surface area contributed by atoms with Crippen LogP contribution < -0.4 is 5.32 Å². The fraction of sp³-hybridized carbons (Fsp3) is 0.818. The Hall–Kier alpha value is -2.18. The third-order valence-electron chi connectivity index (χ3n) is 11.8. The van der Waals surface area contributed by atoms with Gasteiger partial charge in [0.1, 0.15) is 0 Å². The highest BCUT2D eigenvalue weighted by molar-refractivity contribution is 5.76. The monoisotopic (exact) mass is 856 g/mol. The van der Waals surface area contributed by atoms with E-state index in [0.717, 1.165) is 83.5 Å². The summed E-state index contributed by atoms with van der Waals surface area (Å²) in [4.78, 5) is 24.5. The summed E-state index contributed by atoms with van der Waals surface area (Å²) in [6.07, 6.45) is 62.6. The Bertz CT molecular complexity index is 1040. The fourth-order valence-electron chi connectivity index (χ4n) is 7.72. The first-order valence-corrected chi connectivity index (χ1v) is 26.4. The van der Waals surface area contributed by atoms with Crippen LogP contribution in [-0.2, 0) is 14.3 Å². The zero-order valence-corrected chi connectivity index (χ0v) is 40.4. The lowest BCUT2D eigenvalue weighted by Crippen LogP contribution is -2.45. The van der Waals surface area contributed by atoms with E-state index >= 15 is 0 Å². The van der Waals surface area contributed by atoms with Crippen molar-refractivity contribution in [2.45, 2.75) is 276 Å². The van der Waals surface area contributed by atoms with Crippen molar-refractivity contribution < 1.29 is 24.5 Å². The molecule has 356 valence electrons. The van der Waals surface area contributed by atoms with Crippen molar-refractivity contribution in [2.24, 2.45) is 0 Å². The lowest BCUT2D eigenvalue weighted by molar-refractivity contribution is -0.143. The van der Waals surface area contributed by atoms with Gasteiger partial charge in [0.15, 0.2) is 0 Å². The molecule has 0 aliphatic carbocycles. The van der Waals surface area contributed by atoms with E-state index in [-0.39, 0.29) is 18.5 Å². The van der Waals surface area contributed by atoms with Crippen molar-refractivity contribution in [1.29, 1.82) is 0 Å². The smallest absolute Gasteiger partial charge is 0.305 e. The van der Waals surface area contributed by atoms with Gasteiger partial charge in [-0.2, -0.15) is 0 Å². The Kier molecular flexibility index (Phi) is 48.7. The van der Waals surface area contributed by atoms with E-state index < -0.39 is 12.1 Å². The van der Waals surface area contributed by atoms with Gasteiger partial charge in [-0.25, -0.2) is 0 Å². The number of hydrogen-bond donors (Lipinski definition) is 3. The summed E-state index contributed by atoms with van der Waals surface area (Å²) in [6, 6.07) is -0.668. The number of hydrogen-bond acceptors (Lipinski definition) is 5. The number of amides is 1.